The lowest BCUT2D eigenvalue weighted by Crippen LogP contribution is -2.54. The van der Waals surface area contributed by atoms with Gasteiger partial charge in [-0.15, -0.1) is 0 Å². The van der Waals surface area contributed by atoms with Gasteiger partial charge in [0.05, 0.1) is 0 Å². The SMILES string of the molecule is CC1SCCN(C(=O)C(=O)N2CCCNCC2)C1C. The van der Waals surface area contributed by atoms with Gasteiger partial charge in [-0.2, -0.15) is 11.8 Å². The molecule has 0 saturated carbocycles. The molecule has 1 N–H and O–H groups in total. The number of hydrogen-bond donors (Lipinski definition) is 1. The lowest BCUT2D eigenvalue weighted by molar-refractivity contribution is -0.152. The van der Waals surface area contributed by atoms with Crippen molar-refractivity contribution in [3.8, 4) is 0 Å². The van der Waals surface area contributed by atoms with Crippen molar-refractivity contribution in [2.24, 2.45) is 0 Å². The van der Waals surface area contributed by atoms with Gasteiger partial charge in [0.1, 0.15) is 0 Å². The summed E-state index contributed by atoms with van der Waals surface area (Å²) in [6, 6.07) is 0.139. The molecule has 2 amide bonds. The fourth-order valence-corrected chi connectivity index (χ4v) is 3.63. The lowest BCUT2D eigenvalue weighted by Gasteiger charge is -2.37. The molecule has 108 valence electrons. The molecule has 0 aromatic carbocycles. The van der Waals surface area contributed by atoms with Gasteiger partial charge in [-0.25, -0.2) is 0 Å². The molecule has 2 aliphatic rings. The van der Waals surface area contributed by atoms with E-state index in [1.807, 2.05) is 18.7 Å². The van der Waals surface area contributed by atoms with Crippen LogP contribution in [0, 0.1) is 0 Å². The summed E-state index contributed by atoms with van der Waals surface area (Å²) < 4.78 is 0. The molecular weight excluding hydrogens is 262 g/mol. The zero-order valence-electron chi connectivity index (χ0n) is 11.7. The third kappa shape index (κ3) is 3.42. The molecule has 0 radical (unpaired) electrons. The van der Waals surface area contributed by atoms with Crippen LogP contribution in [0.25, 0.3) is 0 Å². The highest BCUT2D eigenvalue weighted by Gasteiger charge is 2.34. The zero-order chi connectivity index (χ0) is 13.8. The summed E-state index contributed by atoms with van der Waals surface area (Å²) in [6.07, 6.45) is 0.917. The van der Waals surface area contributed by atoms with E-state index in [1.165, 1.54) is 0 Å². The van der Waals surface area contributed by atoms with Gasteiger partial charge < -0.3 is 15.1 Å². The van der Waals surface area contributed by atoms with E-state index < -0.39 is 0 Å². The second-order valence-electron chi connectivity index (χ2n) is 5.21. The number of amides is 2. The van der Waals surface area contributed by atoms with Crippen LogP contribution in [-0.2, 0) is 9.59 Å². The highest BCUT2D eigenvalue weighted by molar-refractivity contribution is 8.00. The number of thioether (sulfide) groups is 1. The molecule has 2 fully saturated rings. The topological polar surface area (TPSA) is 52.7 Å². The molecule has 0 spiro atoms. The van der Waals surface area contributed by atoms with E-state index in [-0.39, 0.29) is 17.9 Å². The Kier molecular flexibility index (Phi) is 5.10. The zero-order valence-corrected chi connectivity index (χ0v) is 12.5. The molecule has 0 aliphatic carbocycles. The molecular formula is C13H23N3O2S. The first-order chi connectivity index (χ1) is 9.11. The molecule has 0 bridgehead atoms. The van der Waals surface area contributed by atoms with Crippen LogP contribution in [0.15, 0.2) is 0 Å². The van der Waals surface area contributed by atoms with Gasteiger partial charge in [0, 0.05) is 43.2 Å². The molecule has 2 atom stereocenters. The van der Waals surface area contributed by atoms with Crippen molar-refractivity contribution in [1.82, 2.24) is 15.1 Å². The molecule has 5 nitrogen and oxygen atoms in total. The standard InChI is InChI=1S/C13H23N3O2S/c1-10-11(2)19-9-8-16(10)13(18)12(17)15-6-3-4-14-5-7-15/h10-11,14H,3-9H2,1-2H3. The van der Waals surface area contributed by atoms with E-state index in [4.69, 9.17) is 0 Å². The number of hydrogen-bond acceptors (Lipinski definition) is 4. The first-order valence-electron chi connectivity index (χ1n) is 7.03. The summed E-state index contributed by atoms with van der Waals surface area (Å²) in [7, 11) is 0. The lowest BCUT2D eigenvalue weighted by atomic mass is 10.2. The highest BCUT2D eigenvalue weighted by atomic mass is 32.2. The van der Waals surface area contributed by atoms with E-state index in [2.05, 4.69) is 12.2 Å². The van der Waals surface area contributed by atoms with Crippen molar-refractivity contribution < 1.29 is 9.59 Å². The summed E-state index contributed by atoms with van der Waals surface area (Å²) >= 11 is 1.87. The molecule has 6 heteroatoms. The Balaban J connectivity index is 1.99. The van der Waals surface area contributed by atoms with E-state index in [0.717, 1.165) is 25.3 Å². The predicted octanol–water partition coefficient (Wildman–Crippen LogP) is 0.161. The van der Waals surface area contributed by atoms with Crippen LogP contribution < -0.4 is 5.32 Å². The molecule has 2 unspecified atom stereocenters. The van der Waals surface area contributed by atoms with Crippen LogP contribution in [0.1, 0.15) is 20.3 Å². The van der Waals surface area contributed by atoms with E-state index in [9.17, 15) is 9.59 Å². The number of carbonyl (C=O) groups excluding carboxylic acids is 2. The van der Waals surface area contributed by atoms with Crippen molar-refractivity contribution in [3.63, 3.8) is 0 Å². The van der Waals surface area contributed by atoms with Crippen molar-refractivity contribution in [1.29, 1.82) is 0 Å². The minimum Gasteiger partial charge on any atom is -0.333 e. The number of nitrogens with one attached hydrogen (secondary N) is 1. The molecule has 2 aliphatic heterocycles. The monoisotopic (exact) mass is 285 g/mol. The summed E-state index contributed by atoms with van der Waals surface area (Å²) in [5, 5.41) is 3.64. The van der Waals surface area contributed by atoms with Crippen LogP contribution in [0.5, 0.6) is 0 Å². The Bertz CT molecular complexity index is 343. The second-order valence-corrected chi connectivity index (χ2v) is 6.70. The molecule has 0 aromatic heterocycles. The van der Waals surface area contributed by atoms with Gasteiger partial charge in [0.15, 0.2) is 0 Å². The summed E-state index contributed by atoms with van der Waals surface area (Å²) in [6.45, 7) is 7.86. The Morgan fingerprint density at radius 1 is 1.11 bits per heavy atom. The number of carbonyl (C=O) groups is 2. The van der Waals surface area contributed by atoms with Crippen LogP contribution >= 0.6 is 11.8 Å². The van der Waals surface area contributed by atoms with Gasteiger partial charge >= 0.3 is 11.8 Å². The maximum Gasteiger partial charge on any atom is 0.312 e. The van der Waals surface area contributed by atoms with Crippen molar-refractivity contribution in [2.45, 2.75) is 31.6 Å². The fraction of sp³-hybridized carbons (Fsp3) is 0.846. The highest BCUT2D eigenvalue weighted by Crippen LogP contribution is 2.24. The predicted molar refractivity (Wildman–Crippen MR) is 77.2 cm³/mol. The molecule has 2 rings (SSSR count). The molecule has 2 saturated heterocycles. The Morgan fingerprint density at radius 3 is 2.68 bits per heavy atom. The van der Waals surface area contributed by atoms with E-state index in [0.29, 0.717) is 24.9 Å². The summed E-state index contributed by atoms with van der Waals surface area (Å²) in [5.41, 5.74) is 0. The Labute approximate surface area is 119 Å². The van der Waals surface area contributed by atoms with Crippen molar-refractivity contribution in [3.05, 3.63) is 0 Å². The Morgan fingerprint density at radius 2 is 1.89 bits per heavy atom. The third-order valence-electron chi connectivity index (χ3n) is 3.96. The molecule has 19 heavy (non-hydrogen) atoms. The van der Waals surface area contributed by atoms with Crippen LogP contribution in [0.3, 0.4) is 0 Å². The van der Waals surface area contributed by atoms with Gasteiger partial charge in [-0.1, -0.05) is 6.92 Å². The first-order valence-corrected chi connectivity index (χ1v) is 8.08. The van der Waals surface area contributed by atoms with Crippen molar-refractivity contribution in [2.75, 3.05) is 38.5 Å². The van der Waals surface area contributed by atoms with Gasteiger partial charge in [0.25, 0.3) is 0 Å². The van der Waals surface area contributed by atoms with Crippen LogP contribution in [0.4, 0.5) is 0 Å². The smallest absolute Gasteiger partial charge is 0.312 e. The van der Waals surface area contributed by atoms with Gasteiger partial charge in [0.2, 0.25) is 0 Å². The average molecular weight is 285 g/mol. The van der Waals surface area contributed by atoms with Crippen molar-refractivity contribution >= 4 is 23.6 Å². The summed E-state index contributed by atoms with van der Waals surface area (Å²) in [5.74, 6) is 0.280. The van der Waals surface area contributed by atoms with E-state index in [1.54, 1.807) is 9.80 Å². The molecule has 2 heterocycles. The number of nitrogens with zero attached hydrogens (tertiary/aromatic N) is 2. The maximum atomic E-state index is 12.4. The quantitative estimate of drug-likeness (QED) is 0.644. The van der Waals surface area contributed by atoms with E-state index >= 15 is 0 Å². The van der Waals surface area contributed by atoms with Crippen LogP contribution in [0.2, 0.25) is 0 Å². The van der Waals surface area contributed by atoms with Crippen LogP contribution in [-0.4, -0.2) is 71.4 Å². The first kappa shape index (κ1) is 14.7. The Hall–Kier alpha value is -0.750. The maximum absolute atomic E-state index is 12.4. The normalized spacial score (nSPS) is 28.9. The largest absolute Gasteiger partial charge is 0.333 e. The summed E-state index contributed by atoms with van der Waals surface area (Å²) in [4.78, 5) is 28.1. The fourth-order valence-electron chi connectivity index (χ4n) is 2.53. The minimum atomic E-state index is -0.324. The average Bonchev–Trinajstić information content (AvgIpc) is 2.69. The van der Waals surface area contributed by atoms with Gasteiger partial charge in [-0.05, 0) is 19.9 Å². The number of rotatable bonds is 0. The molecule has 0 aromatic rings. The van der Waals surface area contributed by atoms with Gasteiger partial charge in [-0.3, -0.25) is 9.59 Å². The minimum absolute atomic E-state index is 0.139. The second kappa shape index (κ2) is 6.61. The third-order valence-corrected chi connectivity index (χ3v) is 5.29.